The molecule has 4 rings (SSSR count). The predicted molar refractivity (Wildman–Crippen MR) is 84.4 cm³/mol. The van der Waals surface area contributed by atoms with E-state index in [4.69, 9.17) is 4.74 Å². The Balaban J connectivity index is 1.96. The number of aliphatic hydroxyl groups is 1. The molecule has 0 saturated heterocycles. The van der Waals surface area contributed by atoms with Gasteiger partial charge in [-0.1, -0.05) is 12.2 Å². The lowest BCUT2D eigenvalue weighted by Gasteiger charge is -2.33. The summed E-state index contributed by atoms with van der Waals surface area (Å²) < 4.78 is 5.42. The summed E-state index contributed by atoms with van der Waals surface area (Å²) in [6, 6.07) is 2.37. The van der Waals surface area contributed by atoms with Crippen LogP contribution in [-0.2, 0) is 11.8 Å². The first-order valence-corrected chi connectivity index (χ1v) is 8.06. The lowest BCUT2D eigenvalue weighted by atomic mass is 9.73. The van der Waals surface area contributed by atoms with Crippen LogP contribution in [0.2, 0.25) is 0 Å². The van der Waals surface area contributed by atoms with E-state index in [1.165, 1.54) is 11.1 Å². The molecule has 1 aromatic carbocycles. The van der Waals surface area contributed by atoms with Gasteiger partial charge in [0.1, 0.15) is 0 Å². The SMILES string of the molecule is COc1cc2c3c(c1O)[C@]1(C=CC(O)CC1)C[C@@H]3N(C)CC2. The Morgan fingerprint density at radius 1 is 1.41 bits per heavy atom. The number of aliphatic hydroxyl groups excluding tert-OH is 1. The zero-order valence-electron chi connectivity index (χ0n) is 13.2. The third kappa shape index (κ3) is 1.77. The van der Waals surface area contributed by atoms with Crippen molar-refractivity contribution in [2.45, 2.75) is 43.2 Å². The molecule has 1 unspecified atom stereocenters. The highest BCUT2D eigenvalue weighted by atomic mass is 16.5. The van der Waals surface area contributed by atoms with Crippen molar-refractivity contribution < 1.29 is 14.9 Å². The zero-order chi connectivity index (χ0) is 15.5. The molecular weight excluding hydrogens is 278 g/mol. The molecule has 0 fully saturated rings. The van der Waals surface area contributed by atoms with Crippen LogP contribution in [0.5, 0.6) is 11.5 Å². The van der Waals surface area contributed by atoms with E-state index in [1.807, 2.05) is 12.1 Å². The molecule has 4 nitrogen and oxygen atoms in total. The average Bonchev–Trinajstić information content (AvgIpc) is 2.86. The summed E-state index contributed by atoms with van der Waals surface area (Å²) in [5.74, 6) is 0.873. The predicted octanol–water partition coefficient (Wildman–Crippen LogP) is 2.28. The lowest BCUT2D eigenvalue weighted by molar-refractivity contribution is 0.172. The van der Waals surface area contributed by atoms with E-state index in [0.717, 1.165) is 37.8 Å². The first-order chi connectivity index (χ1) is 10.6. The van der Waals surface area contributed by atoms with Crippen LogP contribution >= 0.6 is 0 Å². The molecule has 1 aliphatic heterocycles. The summed E-state index contributed by atoms with van der Waals surface area (Å²) >= 11 is 0. The number of likely N-dealkylation sites (N-methyl/N-ethyl adjacent to an activating group) is 1. The van der Waals surface area contributed by atoms with Gasteiger partial charge in [0.25, 0.3) is 0 Å². The average molecular weight is 301 g/mol. The van der Waals surface area contributed by atoms with Crippen LogP contribution < -0.4 is 4.74 Å². The summed E-state index contributed by atoms with van der Waals surface area (Å²) in [7, 11) is 3.78. The van der Waals surface area contributed by atoms with Gasteiger partial charge in [0.15, 0.2) is 11.5 Å². The van der Waals surface area contributed by atoms with E-state index in [9.17, 15) is 10.2 Å². The number of phenols is 1. The Bertz CT molecular complexity index is 654. The molecule has 0 aromatic heterocycles. The van der Waals surface area contributed by atoms with Gasteiger partial charge >= 0.3 is 0 Å². The van der Waals surface area contributed by atoms with Crippen molar-refractivity contribution in [2.24, 2.45) is 0 Å². The number of methoxy groups -OCH3 is 1. The summed E-state index contributed by atoms with van der Waals surface area (Å²) in [5, 5.41) is 20.6. The lowest BCUT2D eigenvalue weighted by Crippen LogP contribution is -2.32. The number of fused-ring (bicyclic) bond motifs is 1. The fraction of sp³-hybridized carbons (Fsp3) is 0.556. The zero-order valence-corrected chi connectivity index (χ0v) is 13.2. The molecule has 2 N–H and O–H groups in total. The van der Waals surface area contributed by atoms with E-state index in [-0.39, 0.29) is 11.5 Å². The molecule has 0 amide bonds. The van der Waals surface area contributed by atoms with Gasteiger partial charge in [-0.05, 0) is 49.9 Å². The monoisotopic (exact) mass is 301 g/mol. The van der Waals surface area contributed by atoms with Crippen molar-refractivity contribution in [3.05, 3.63) is 34.9 Å². The maximum absolute atomic E-state index is 10.8. The summed E-state index contributed by atoms with van der Waals surface area (Å²) in [6.07, 6.45) is 7.27. The van der Waals surface area contributed by atoms with Crippen LogP contribution in [0, 0.1) is 0 Å². The minimum atomic E-state index is -0.358. The van der Waals surface area contributed by atoms with Crippen LogP contribution in [0.4, 0.5) is 0 Å². The van der Waals surface area contributed by atoms with E-state index in [0.29, 0.717) is 17.5 Å². The van der Waals surface area contributed by atoms with Crippen molar-refractivity contribution in [3.63, 3.8) is 0 Å². The quantitative estimate of drug-likeness (QED) is 0.782. The maximum atomic E-state index is 10.8. The summed E-state index contributed by atoms with van der Waals surface area (Å²) in [5.41, 5.74) is 3.49. The van der Waals surface area contributed by atoms with Crippen molar-refractivity contribution >= 4 is 0 Å². The Morgan fingerprint density at radius 3 is 2.91 bits per heavy atom. The number of hydrogen-bond acceptors (Lipinski definition) is 4. The Labute approximate surface area is 131 Å². The van der Waals surface area contributed by atoms with Gasteiger partial charge in [-0.3, -0.25) is 4.90 Å². The minimum absolute atomic E-state index is 0.162. The molecular formula is C18H23NO3. The number of rotatable bonds is 1. The molecule has 2 aliphatic carbocycles. The molecule has 0 radical (unpaired) electrons. The highest BCUT2D eigenvalue weighted by Gasteiger charge is 2.49. The molecule has 3 aliphatic rings. The van der Waals surface area contributed by atoms with Crippen molar-refractivity contribution in [1.82, 2.24) is 4.90 Å². The van der Waals surface area contributed by atoms with E-state index in [1.54, 1.807) is 7.11 Å². The number of aromatic hydroxyl groups is 1. The van der Waals surface area contributed by atoms with Crippen molar-refractivity contribution in [2.75, 3.05) is 20.7 Å². The van der Waals surface area contributed by atoms with Gasteiger partial charge in [-0.25, -0.2) is 0 Å². The number of allylic oxidation sites excluding steroid dienone is 1. The number of ether oxygens (including phenoxy) is 1. The Hall–Kier alpha value is -1.52. The first-order valence-electron chi connectivity index (χ1n) is 8.06. The van der Waals surface area contributed by atoms with Crippen LogP contribution in [0.1, 0.15) is 42.0 Å². The standard InChI is InChI=1S/C18H23NO3/c1-19-8-5-11-9-14(22-2)17(21)16-15(11)13(19)10-18(16)6-3-12(20)4-7-18/h3,6,9,12-13,20-21H,4-5,7-8,10H2,1-2H3/t12?,13-,18-/m0/s1. The Morgan fingerprint density at radius 2 is 2.23 bits per heavy atom. The molecule has 0 saturated carbocycles. The smallest absolute Gasteiger partial charge is 0.162 e. The van der Waals surface area contributed by atoms with Gasteiger partial charge in [0, 0.05) is 23.6 Å². The second-order valence-corrected chi connectivity index (χ2v) is 6.95. The third-order valence-corrected chi connectivity index (χ3v) is 5.79. The number of phenolic OH excluding ortho intramolecular Hbond substituents is 1. The Kier molecular flexibility index (Phi) is 3.03. The van der Waals surface area contributed by atoms with Gasteiger partial charge in [-0.2, -0.15) is 0 Å². The number of hydrogen-bond donors (Lipinski definition) is 2. The van der Waals surface area contributed by atoms with Crippen LogP contribution in [0.25, 0.3) is 0 Å². The fourth-order valence-electron chi connectivity index (χ4n) is 4.60. The second kappa shape index (κ2) is 4.74. The molecule has 4 heteroatoms. The molecule has 22 heavy (non-hydrogen) atoms. The molecule has 0 bridgehead atoms. The molecule has 1 spiro atoms. The van der Waals surface area contributed by atoms with Gasteiger partial charge in [0.2, 0.25) is 0 Å². The van der Waals surface area contributed by atoms with Gasteiger partial charge in [-0.15, -0.1) is 0 Å². The fourth-order valence-corrected chi connectivity index (χ4v) is 4.60. The van der Waals surface area contributed by atoms with Crippen LogP contribution in [0.3, 0.4) is 0 Å². The molecule has 3 atom stereocenters. The highest BCUT2D eigenvalue weighted by Crippen LogP contribution is 2.59. The van der Waals surface area contributed by atoms with Crippen molar-refractivity contribution in [1.29, 1.82) is 0 Å². The first kappa shape index (κ1) is 14.1. The largest absolute Gasteiger partial charge is 0.504 e. The van der Waals surface area contributed by atoms with E-state index in [2.05, 4.69) is 18.0 Å². The summed E-state index contributed by atoms with van der Waals surface area (Å²) in [6.45, 7) is 1.04. The van der Waals surface area contributed by atoms with Crippen molar-refractivity contribution in [3.8, 4) is 11.5 Å². The topological polar surface area (TPSA) is 52.9 Å². The van der Waals surface area contributed by atoms with E-state index < -0.39 is 0 Å². The van der Waals surface area contributed by atoms with E-state index >= 15 is 0 Å². The third-order valence-electron chi connectivity index (χ3n) is 5.79. The van der Waals surface area contributed by atoms with Gasteiger partial charge < -0.3 is 14.9 Å². The van der Waals surface area contributed by atoms with Crippen LogP contribution in [0.15, 0.2) is 18.2 Å². The maximum Gasteiger partial charge on any atom is 0.162 e. The van der Waals surface area contributed by atoms with Crippen LogP contribution in [-0.4, -0.2) is 41.9 Å². The molecule has 1 heterocycles. The number of nitrogens with zero attached hydrogens (tertiary/aromatic N) is 1. The molecule has 1 aromatic rings. The summed E-state index contributed by atoms with van der Waals surface area (Å²) in [4.78, 5) is 2.39. The highest BCUT2D eigenvalue weighted by molar-refractivity contribution is 5.63. The minimum Gasteiger partial charge on any atom is -0.504 e. The molecule has 118 valence electrons. The number of benzene rings is 1. The van der Waals surface area contributed by atoms with Gasteiger partial charge in [0.05, 0.1) is 13.2 Å². The second-order valence-electron chi connectivity index (χ2n) is 6.95. The normalized spacial score (nSPS) is 33.2.